The number of fused-ring (bicyclic) bond motifs is 3. The van der Waals surface area contributed by atoms with Crippen LogP contribution in [0.5, 0.6) is 0 Å². The minimum absolute atomic E-state index is 0.624. The summed E-state index contributed by atoms with van der Waals surface area (Å²) in [5.41, 5.74) is 5.46. The Balaban J connectivity index is 1.70. The largest absolute Gasteiger partial charge is 0.344 e. The maximum absolute atomic E-state index is 2.68. The van der Waals surface area contributed by atoms with Crippen molar-refractivity contribution in [1.29, 1.82) is 0 Å². The van der Waals surface area contributed by atoms with Crippen molar-refractivity contribution in [2.24, 2.45) is 5.41 Å². The van der Waals surface area contributed by atoms with Crippen LogP contribution in [-0.2, 0) is 19.4 Å². The lowest BCUT2D eigenvalue weighted by Crippen LogP contribution is -2.32. The number of nitrogens with zero attached hydrogens (tertiary/aromatic N) is 2. The van der Waals surface area contributed by atoms with E-state index in [9.17, 15) is 0 Å². The van der Waals surface area contributed by atoms with Crippen molar-refractivity contribution in [3.8, 4) is 0 Å². The molecule has 0 atom stereocenters. The van der Waals surface area contributed by atoms with Crippen LogP contribution in [0, 0.1) is 5.41 Å². The second kappa shape index (κ2) is 6.55. The third kappa shape index (κ3) is 2.90. The van der Waals surface area contributed by atoms with E-state index in [0.29, 0.717) is 5.41 Å². The molecule has 0 bridgehead atoms. The van der Waals surface area contributed by atoms with Crippen molar-refractivity contribution in [3.05, 3.63) is 35.5 Å². The molecule has 0 amide bonds. The molecule has 1 fully saturated rings. The van der Waals surface area contributed by atoms with Gasteiger partial charge in [0.1, 0.15) is 0 Å². The van der Waals surface area contributed by atoms with Gasteiger partial charge in [-0.15, -0.1) is 0 Å². The number of aromatic nitrogens is 1. The van der Waals surface area contributed by atoms with Gasteiger partial charge in [-0.05, 0) is 76.2 Å². The van der Waals surface area contributed by atoms with Crippen molar-refractivity contribution in [1.82, 2.24) is 9.47 Å². The Labute approximate surface area is 146 Å². The normalized spacial score (nSPS) is 20.0. The Morgan fingerprint density at radius 3 is 2.62 bits per heavy atom. The van der Waals surface area contributed by atoms with Gasteiger partial charge < -0.3 is 9.47 Å². The second-order valence-electron chi connectivity index (χ2n) is 8.49. The minimum atomic E-state index is 0.624. The Bertz CT molecular complexity index is 704. The first-order valence-electron chi connectivity index (χ1n) is 9.92. The van der Waals surface area contributed by atoms with E-state index in [1.54, 1.807) is 11.3 Å². The molecule has 2 heteroatoms. The highest BCUT2D eigenvalue weighted by Crippen LogP contribution is 2.48. The third-order valence-corrected chi connectivity index (χ3v) is 6.54. The topological polar surface area (TPSA) is 8.17 Å². The van der Waals surface area contributed by atoms with E-state index in [-0.39, 0.29) is 0 Å². The van der Waals surface area contributed by atoms with Crippen molar-refractivity contribution < 1.29 is 0 Å². The monoisotopic (exact) mass is 324 g/mol. The zero-order valence-corrected chi connectivity index (χ0v) is 15.5. The number of para-hydroxylation sites is 1. The first-order valence-corrected chi connectivity index (χ1v) is 9.92. The fourth-order valence-corrected chi connectivity index (χ4v) is 5.27. The smallest absolute Gasteiger partial charge is 0.0485 e. The molecule has 2 nitrogen and oxygen atoms in total. The molecular weight excluding hydrogens is 292 g/mol. The summed E-state index contributed by atoms with van der Waals surface area (Å²) < 4.78 is 2.68. The van der Waals surface area contributed by atoms with Gasteiger partial charge in [-0.1, -0.05) is 37.5 Å². The van der Waals surface area contributed by atoms with Gasteiger partial charge in [-0.3, -0.25) is 0 Å². The summed E-state index contributed by atoms with van der Waals surface area (Å²) in [7, 11) is 4.36. The molecule has 130 valence electrons. The van der Waals surface area contributed by atoms with E-state index < -0.39 is 0 Å². The van der Waals surface area contributed by atoms with E-state index in [1.807, 2.05) is 0 Å². The van der Waals surface area contributed by atoms with Gasteiger partial charge in [0.15, 0.2) is 0 Å². The molecular formula is C22H32N2. The van der Waals surface area contributed by atoms with Gasteiger partial charge in [0.2, 0.25) is 0 Å². The molecule has 2 aromatic rings. The van der Waals surface area contributed by atoms with E-state index in [4.69, 9.17) is 0 Å². The summed E-state index contributed by atoms with van der Waals surface area (Å²) in [6.07, 6.45) is 12.6. The highest BCUT2D eigenvalue weighted by molar-refractivity contribution is 5.86. The van der Waals surface area contributed by atoms with Gasteiger partial charge >= 0.3 is 0 Å². The van der Waals surface area contributed by atoms with Gasteiger partial charge in [-0.25, -0.2) is 0 Å². The zero-order chi connectivity index (χ0) is 16.6. The van der Waals surface area contributed by atoms with Crippen molar-refractivity contribution >= 4 is 10.9 Å². The van der Waals surface area contributed by atoms with E-state index >= 15 is 0 Å². The summed E-state index contributed by atoms with van der Waals surface area (Å²) in [6.45, 7) is 2.34. The van der Waals surface area contributed by atoms with Gasteiger partial charge in [0, 0.05) is 23.1 Å². The van der Waals surface area contributed by atoms with Crippen molar-refractivity contribution in [2.45, 2.75) is 64.3 Å². The molecule has 0 aliphatic heterocycles. The van der Waals surface area contributed by atoms with Gasteiger partial charge in [0.25, 0.3) is 0 Å². The molecule has 2 aliphatic carbocycles. The number of rotatable bonds is 4. The lowest BCUT2D eigenvalue weighted by Gasteiger charge is -2.41. The molecule has 2 aliphatic rings. The molecule has 1 aromatic carbocycles. The summed E-state index contributed by atoms with van der Waals surface area (Å²) in [4.78, 5) is 2.31. The van der Waals surface area contributed by atoms with Crippen molar-refractivity contribution in [2.75, 3.05) is 20.6 Å². The first-order chi connectivity index (χ1) is 11.7. The van der Waals surface area contributed by atoms with Crippen LogP contribution < -0.4 is 0 Å². The average molecular weight is 325 g/mol. The van der Waals surface area contributed by atoms with Crippen LogP contribution in [0.15, 0.2) is 24.3 Å². The molecule has 1 saturated carbocycles. The van der Waals surface area contributed by atoms with Gasteiger partial charge in [0.05, 0.1) is 0 Å². The van der Waals surface area contributed by atoms with Crippen molar-refractivity contribution in [3.63, 3.8) is 0 Å². The summed E-state index contributed by atoms with van der Waals surface area (Å²) >= 11 is 0. The lowest BCUT2D eigenvalue weighted by molar-refractivity contribution is 0.158. The summed E-state index contributed by atoms with van der Waals surface area (Å²) in [6, 6.07) is 9.14. The number of hydrogen-bond donors (Lipinski definition) is 0. The molecule has 0 unspecified atom stereocenters. The van der Waals surface area contributed by atoms with Crippen LogP contribution in [-0.4, -0.2) is 30.1 Å². The Morgan fingerprint density at radius 1 is 1.04 bits per heavy atom. The quantitative estimate of drug-likeness (QED) is 0.765. The lowest BCUT2D eigenvalue weighted by atomic mass is 9.65. The summed E-state index contributed by atoms with van der Waals surface area (Å²) in [5, 5.41) is 1.53. The standard InChI is InChI=1S/C22H32N2/c1-23(2)15-8-16-24-20-10-5-4-9-18(20)19-11-14-22(17-21(19)24)12-6-3-7-13-22/h4-5,9-10H,3,6-8,11-17H2,1-2H3. The van der Waals surface area contributed by atoms with Crippen LogP contribution in [0.1, 0.15) is 56.2 Å². The maximum atomic E-state index is 2.68. The molecule has 1 spiro atoms. The fraction of sp³-hybridized carbons (Fsp3) is 0.636. The minimum Gasteiger partial charge on any atom is -0.344 e. The fourth-order valence-electron chi connectivity index (χ4n) is 5.27. The number of benzene rings is 1. The number of hydrogen-bond acceptors (Lipinski definition) is 1. The zero-order valence-electron chi connectivity index (χ0n) is 15.5. The predicted octanol–water partition coefficient (Wildman–Crippen LogP) is 5.03. The highest BCUT2D eigenvalue weighted by atomic mass is 15.1. The highest BCUT2D eigenvalue weighted by Gasteiger charge is 2.37. The Hall–Kier alpha value is -1.28. The SMILES string of the molecule is CN(C)CCCn1c2c(c3ccccc31)CCC1(CCCCC1)C2. The van der Waals surface area contributed by atoms with E-state index in [0.717, 1.165) is 0 Å². The Kier molecular flexibility index (Phi) is 4.42. The molecule has 4 rings (SSSR count). The van der Waals surface area contributed by atoms with Crippen LogP contribution in [0.25, 0.3) is 10.9 Å². The molecule has 1 aromatic heterocycles. The molecule has 1 heterocycles. The van der Waals surface area contributed by atoms with Crippen LogP contribution in [0.4, 0.5) is 0 Å². The third-order valence-electron chi connectivity index (χ3n) is 6.54. The maximum Gasteiger partial charge on any atom is 0.0485 e. The van der Waals surface area contributed by atoms with Gasteiger partial charge in [-0.2, -0.15) is 0 Å². The van der Waals surface area contributed by atoms with Crippen LogP contribution in [0.3, 0.4) is 0 Å². The van der Waals surface area contributed by atoms with Crippen LogP contribution >= 0.6 is 0 Å². The average Bonchev–Trinajstić information content (AvgIpc) is 2.89. The second-order valence-corrected chi connectivity index (χ2v) is 8.49. The molecule has 24 heavy (non-hydrogen) atoms. The van der Waals surface area contributed by atoms with E-state index in [1.165, 1.54) is 81.8 Å². The summed E-state index contributed by atoms with van der Waals surface area (Å²) in [5.74, 6) is 0. The van der Waals surface area contributed by atoms with Crippen LogP contribution in [0.2, 0.25) is 0 Å². The molecule has 0 N–H and O–H groups in total. The predicted molar refractivity (Wildman–Crippen MR) is 103 cm³/mol. The first kappa shape index (κ1) is 16.2. The Morgan fingerprint density at radius 2 is 1.83 bits per heavy atom. The molecule has 0 radical (unpaired) electrons. The molecule has 0 saturated heterocycles. The number of aryl methyl sites for hydroxylation is 2. The van der Waals surface area contributed by atoms with E-state index in [2.05, 4.69) is 47.8 Å².